The fourth-order valence-corrected chi connectivity index (χ4v) is 1.20. The molecule has 0 radical (unpaired) electrons. The molecule has 1 N–H and O–H groups in total. The van der Waals surface area contributed by atoms with Gasteiger partial charge in [0.25, 0.3) is 0 Å². The Labute approximate surface area is 109 Å². The molecule has 1 rings (SSSR count). The molecular formula is C11H11Cl2FN2O. The SMILES string of the molecule is CN(CC=C(Cl)Cl)C(=O)Nc1ccccc1F. The molecule has 17 heavy (non-hydrogen) atoms. The van der Waals surface area contributed by atoms with Gasteiger partial charge in [-0.05, 0) is 18.2 Å². The molecule has 6 heteroatoms. The molecule has 0 saturated carbocycles. The average molecular weight is 277 g/mol. The van der Waals surface area contributed by atoms with Crippen molar-refractivity contribution in [3.63, 3.8) is 0 Å². The van der Waals surface area contributed by atoms with E-state index < -0.39 is 11.8 Å². The molecule has 0 unspecified atom stereocenters. The van der Waals surface area contributed by atoms with Gasteiger partial charge in [-0.3, -0.25) is 0 Å². The Balaban J connectivity index is 2.61. The van der Waals surface area contributed by atoms with Crippen LogP contribution in [0.1, 0.15) is 0 Å². The highest BCUT2D eigenvalue weighted by molar-refractivity contribution is 6.55. The first-order valence-corrected chi connectivity index (χ1v) is 5.54. The third kappa shape index (κ3) is 4.63. The van der Waals surface area contributed by atoms with E-state index in [1.54, 1.807) is 19.2 Å². The lowest BCUT2D eigenvalue weighted by molar-refractivity contribution is 0.226. The summed E-state index contributed by atoms with van der Waals surface area (Å²) >= 11 is 10.8. The second kappa shape index (κ2) is 6.47. The molecule has 0 atom stereocenters. The summed E-state index contributed by atoms with van der Waals surface area (Å²) in [7, 11) is 1.55. The van der Waals surface area contributed by atoms with E-state index in [0.717, 1.165) is 0 Å². The normalized spacial score (nSPS) is 9.65. The van der Waals surface area contributed by atoms with Crippen LogP contribution < -0.4 is 5.32 Å². The highest BCUT2D eigenvalue weighted by atomic mass is 35.5. The molecule has 1 aromatic rings. The van der Waals surface area contributed by atoms with Crippen LogP contribution in [0.15, 0.2) is 34.8 Å². The topological polar surface area (TPSA) is 32.3 Å². The number of nitrogens with zero attached hydrogens (tertiary/aromatic N) is 1. The molecule has 0 saturated heterocycles. The van der Waals surface area contributed by atoms with Crippen molar-refractivity contribution < 1.29 is 9.18 Å². The third-order valence-electron chi connectivity index (χ3n) is 1.98. The van der Waals surface area contributed by atoms with E-state index in [9.17, 15) is 9.18 Å². The molecule has 0 bridgehead atoms. The van der Waals surface area contributed by atoms with Gasteiger partial charge < -0.3 is 10.2 Å². The summed E-state index contributed by atoms with van der Waals surface area (Å²) in [6.07, 6.45) is 1.46. The van der Waals surface area contributed by atoms with Gasteiger partial charge in [-0.2, -0.15) is 0 Å². The first kappa shape index (κ1) is 13.8. The molecule has 0 aliphatic heterocycles. The monoisotopic (exact) mass is 276 g/mol. The van der Waals surface area contributed by atoms with E-state index in [0.29, 0.717) is 0 Å². The van der Waals surface area contributed by atoms with Crippen LogP contribution in [0.5, 0.6) is 0 Å². The summed E-state index contributed by atoms with van der Waals surface area (Å²) in [6, 6.07) is 5.48. The fraction of sp³-hybridized carbons (Fsp3) is 0.182. The summed E-state index contributed by atoms with van der Waals surface area (Å²) in [6.45, 7) is 0.239. The first-order chi connectivity index (χ1) is 8.00. The molecule has 0 aliphatic carbocycles. The van der Waals surface area contributed by atoms with Gasteiger partial charge in [-0.25, -0.2) is 9.18 Å². The zero-order chi connectivity index (χ0) is 12.8. The lowest BCUT2D eigenvalue weighted by Crippen LogP contribution is -2.31. The molecule has 0 aromatic heterocycles. The molecule has 3 nitrogen and oxygen atoms in total. The Morgan fingerprint density at radius 1 is 1.47 bits per heavy atom. The van der Waals surface area contributed by atoms with Crippen molar-refractivity contribution in [3.8, 4) is 0 Å². The Bertz CT molecular complexity index is 433. The lowest BCUT2D eigenvalue weighted by Gasteiger charge is -2.16. The first-order valence-electron chi connectivity index (χ1n) is 4.78. The van der Waals surface area contributed by atoms with E-state index in [2.05, 4.69) is 5.32 Å². The Hall–Kier alpha value is -1.26. The Morgan fingerprint density at radius 2 is 2.12 bits per heavy atom. The summed E-state index contributed by atoms with van der Waals surface area (Å²) in [4.78, 5) is 12.9. The van der Waals surface area contributed by atoms with Gasteiger partial charge in [0.15, 0.2) is 0 Å². The van der Waals surface area contributed by atoms with Crippen LogP contribution in [-0.2, 0) is 0 Å². The van der Waals surface area contributed by atoms with Crippen LogP contribution in [0.25, 0.3) is 0 Å². The van der Waals surface area contributed by atoms with E-state index in [4.69, 9.17) is 23.2 Å². The average Bonchev–Trinajstić information content (AvgIpc) is 2.28. The van der Waals surface area contributed by atoms with Gasteiger partial charge >= 0.3 is 6.03 Å². The second-order valence-corrected chi connectivity index (χ2v) is 4.29. The Morgan fingerprint density at radius 3 is 2.71 bits per heavy atom. The maximum atomic E-state index is 13.2. The van der Waals surface area contributed by atoms with E-state index in [1.807, 2.05) is 0 Å². The van der Waals surface area contributed by atoms with Crippen LogP contribution >= 0.6 is 23.2 Å². The van der Waals surface area contributed by atoms with E-state index >= 15 is 0 Å². The van der Waals surface area contributed by atoms with Gasteiger partial charge in [-0.1, -0.05) is 35.3 Å². The predicted molar refractivity (Wildman–Crippen MR) is 67.8 cm³/mol. The molecule has 1 aromatic carbocycles. The van der Waals surface area contributed by atoms with Crippen LogP contribution in [-0.4, -0.2) is 24.5 Å². The Kier molecular flexibility index (Phi) is 5.25. The van der Waals surface area contributed by atoms with Gasteiger partial charge in [0, 0.05) is 13.6 Å². The summed E-state index contributed by atoms with van der Waals surface area (Å²) < 4.78 is 13.3. The van der Waals surface area contributed by atoms with Crippen molar-refractivity contribution in [1.29, 1.82) is 0 Å². The summed E-state index contributed by atoms with van der Waals surface area (Å²) in [5.74, 6) is -0.486. The quantitative estimate of drug-likeness (QED) is 0.899. The van der Waals surface area contributed by atoms with Crippen molar-refractivity contribution in [3.05, 3.63) is 40.7 Å². The van der Waals surface area contributed by atoms with Gasteiger partial charge in [-0.15, -0.1) is 0 Å². The number of rotatable bonds is 3. The van der Waals surface area contributed by atoms with Crippen molar-refractivity contribution in [2.45, 2.75) is 0 Å². The third-order valence-corrected chi connectivity index (χ3v) is 2.29. The molecule has 0 heterocycles. The minimum Gasteiger partial charge on any atom is -0.324 e. The number of carbonyl (C=O) groups is 1. The molecule has 92 valence electrons. The summed E-state index contributed by atoms with van der Waals surface area (Å²) in [5, 5.41) is 2.43. The fourth-order valence-electron chi connectivity index (χ4n) is 1.06. The number of carbonyl (C=O) groups excluding carboxylic acids is 1. The highest BCUT2D eigenvalue weighted by Crippen LogP contribution is 2.13. The van der Waals surface area contributed by atoms with E-state index in [1.165, 1.54) is 23.1 Å². The van der Waals surface area contributed by atoms with Crippen LogP contribution in [0.3, 0.4) is 0 Å². The van der Waals surface area contributed by atoms with Crippen molar-refractivity contribution in [2.75, 3.05) is 18.9 Å². The number of hydrogen-bond acceptors (Lipinski definition) is 1. The number of nitrogens with one attached hydrogen (secondary N) is 1. The number of benzene rings is 1. The summed E-state index contributed by atoms with van der Waals surface area (Å²) in [5.41, 5.74) is 0.130. The van der Waals surface area contributed by atoms with Crippen molar-refractivity contribution in [1.82, 2.24) is 4.90 Å². The molecular weight excluding hydrogens is 266 g/mol. The van der Waals surface area contributed by atoms with Gasteiger partial charge in [0.2, 0.25) is 0 Å². The number of amides is 2. The minimum absolute atomic E-state index is 0.0792. The number of para-hydroxylation sites is 1. The largest absolute Gasteiger partial charge is 0.324 e. The molecule has 2 amide bonds. The molecule has 0 fully saturated rings. The second-order valence-electron chi connectivity index (χ2n) is 3.28. The van der Waals surface area contributed by atoms with Gasteiger partial charge in [0.1, 0.15) is 10.3 Å². The number of anilines is 1. The van der Waals surface area contributed by atoms with Crippen LogP contribution in [0.2, 0.25) is 0 Å². The molecule has 0 spiro atoms. The van der Waals surface area contributed by atoms with E-state index in [-0.39, 0.29) is 16.7 Å². The predicted octanol–water partition coefficient (Wildman–Crippen LogP) is 3.61. The highest BCUT2D eigenvalue weighted by Gasteiger charge is 2.09. The number of likely N-dealkylation sites (N-methyl/N-ethyl adjacent to an activating group) is 1. The zero-order valence-electron chi connectivity index (χ0n) is 9.08. The number of halogens is 3. The van der Waals surface area contributed by atoms with Gasteiger partial charge in [0.05, 0.1) is 5.69 Å². The minimum atomic E-state index is -0.486. The number of hydrogen-bond donors (Lipinski definition) is 1. The smallest absolute Gasteiger partial charge is 0.321 e. The standard InChI is InChI=1S/C11H11Cl2FN2O/c1-16(7-6-10(12)13)11(17)15-9-5-3-2-4-8(9)14/h2-6H,7H2,1H3,(H,15,17). The number of urea groups is 1. The maximum absolute atomic E-state index is 13.2. The zero-order valence-corrected chi connectivity index (χ0v) is 10.6. The van der Waals surface area contributed by atoms with Crippen LogP contribution in [0, 0.1) is 5.82 Å². The maximum Gasteiger partial charge on any atom is 0.321 e. The molecule has 0 aliphatic rings. The lowest BCUT2D eigenvalue weighted by atomic mass is 10.3. The van der Waals surface area contributed by atoms with Crippen molar-refractivity contribution in [2.24, 2.45) is 0 Å². The van der Waals surface area contributed by atoms with Crippen LogP contribution in [0.4, 0.5) is 14.9 Å². The van der Waals surface area contributed by atoms with Crippen molar-refractivity contribution >= 4 is 34.9 Å².